The van der Waals surface area contributed by atoms with Crippen molar-refractivity contribution in [2.75, 3.05) is 26.2 Å². The summed E-state index contributed by atoms with van der Waals surface area (Å²) in [6.07, 6.45) is 0. The maximum absolute atomic E-state index is 12.7. The minimum atomic E-state index is -0.541. The topological polar surface area (TPSA) is 67.9 Å². The van der Waals surface area contributed by atoms with Crippen molar-refractivity contribution in [3.05, 3.63) is 74.8 Å². The molecule has 1 N–H and O–H groups in total. The van der Waals surface area contributed by atoms with E-state index in [2.05, 4.69) is 12.1 Å². The molecule has 7 heteroatoms. The van der Waals surface area contributed by atoms with Crippen LogP contribution in [0.15, 0.2) is 48.5 Å². The Morgan fingerprint density at radius 2 is 1.84 bits per heavy atom. The molecule has 3 rings (SSSR count). The van der Waals surface area contributed by atoms with Gasteiger partial charge in [-0.25, -0.2) is 0 Å². The minimum Gasteiger partial charge on any atom is -0.328 e. The Balaban J connectivity index is 1.66. The zero-order chi connectivity index (χ0) is 17.8. The quantitative estimate of drug-likeness (QED) is 0.667. The first-order chi connectivity index (χ1) is 12.0. The highest BCUT2D eigenvalue weighted by atomic mass is 35.5. The van der Waals surface area contributed by atoms with Crippen molar-refractivity contribution < 1.29 is 14.6 Å². The molecular weight excluding hydrogens is 342 g/mol. The van der Waals surface area contributed by atoms with E-state index in [1.807, 2.05) is 18.2 Å². The molecule has 0 saturated carbocycles. The summed E-state index contributed by atoms with van der Waals surface area (Å²) in [5, 5.41) is 11.5. The third kappa shape index (κ3) is 4.15. The lowest BCUT2D eigenvalue weighted by Crippen LogP contribution is -3.13. The lowest BCUT2D eigenvalue weighted by molar-refractivity contribution is -0.917. The van der Waals surface area contributed by atoms with Crippen molar-refractivity contribution in [1.82, 2.24) is 4.90 Å². The van der Waals surface area contributed by atoms with Crippen molar-refractivity contribution in [3.63, 3.8) is 0 Å². The molecule has 1 amide bonds. The summed E-state index contributed by atoms with van der Waals surface area (Å²) in [5.41, 5.74) is 1.13. The number of piperazine rings is 1. The van der Waals surface area contributed by atoms with Gasteiger partial charge in [-0.05, 0) is 12.1 Å². The van der Waals surface area contributed by atoms with Crippen LogP contribution in [-0.2, 0) is 6.54 Å². The SMILES string of the molecule is O=C(c1cc(Cl)ccc1[N+](=O)[O-])N1CC[NH+](Cc2ccccc2)CC1. The maximum Gasteiger partial charge on any atom is 0.282 e. The number of carbonyl (C=O) groups is 1. The summed E-state index contributed by atoms with van der Waals surface area (Å²) >= 11 is 5.92. The average molecular weight is 361 g/mol. The number of hydrogen-bond donors (Lipinski definition) is 1. The lowest BCUT2D eigenvalue weighted by Gasteiger charge is -2.32. The van der Waals surface area contributed by atoms with Gasteiger partial charge in [0.15, 0.2) is 0 Å². The Labute approximate surface area is 150 Å². The number of benzene rings is 2. The number of nitrogens with zero attached hydrogens (tertiary/aromatic N) is 2. The second-order valence-electron chi connectivity index (χ2n) is 6.12. The third-order valence-electron chi connectivity index (χ3n) is 4.44. The van der Waals surface area contributed by atoms with Crippen LogP contribution in [0.2, 0.25) is 5.02 Å². The van der Waals surface area contributed by atoms with Crippen LogP contribution in [0.1, 0.15) is 15.9 Å². The second kappa shape index (κ2) is 7.63. The Morgan fingerprint density at radius 3 is 2.48 bits per heavy atom. The summed E-state index contributed by atoms with van der Waals surface area (Å²) in [4.78, 5) is 26.4. The highest BCUT2D eigenvalue weighted by Crippen LogP contribution is 2.24. The van der Waals surface area contributed by atoms with Crippen molar-refractivity contribution in [2.24, 2.45) is 0 Å². The fraction of sp³-hybridized carbons (Fsp3) is 0.278. The van der Waals surface area contributed by atoms with Crippen LogP contribution in [0.4, 0.5) is 5.69 Å². The van der Waals surface area contributed by atoms with Gasteiger partial charge in [-0.2, -0.15) is 0 Å². The summed E-state index contributed by atoms with van der Waals surface area (Å²) in [7, 11) is 0. The molecule has 1 aliphatic heterocycles. The van der Waals surface area contributed by atoms with E-state index in [4.69, 9.17) is 11.6 Å². The number of carbonyl (C=O) groups excluding carboxylic acids is 1. The molecule has 1 aliphatic rings. The average Bonchev–Trinajstić information content (AvgIpc) is 2.62. The molecule has 1 fully saturated rings. The van der Waals surface area contributed by atoms with Gasteiger partial charge >= 0.3 is 0 Å². The highest BCUT2D eigenvalue weighted by Gasteiger charge is 2.29. The smallest absolute Gasteiger partial charge is 0.282 e. The van der Waals surface area contributed by atoms with Gasteiger partial charge in [0.1, 0.15) is 12.1 Å². The van der Waals surface area contributed by atoms with Crippen molar-refractivity contribution >= 4 is 23.2 Å². The van der Waals surface area contributed by atoms with Gasteiger partial charge in [-0.15, -0.1) is 0 Å². The zero-order valence-corrected chi connectivity index (χ0v) is 14.4. The van der Waals surface area contributed by atoms with Crippen molar-refractivity contribution in [2.45, 2.75) is 6.54 Å². The van der Waals surface area contributed by atoms with Gasteiger partial charge in [0.2, 0.25) is 0 Å². The molecule has 0 atom stereocenters. The van der Waals surface area contributed by atoms with Gasteiger partial charge in [0, 0.05) is 16.7 Å². The molecular formula is C18H19ClN3O3+. The number of halogens is 1. The molecule has 1 heterocycles. The van der Waals surface area contributed by atoms with E-state index in [0.717, 1.165) is 19.6 Å². The molecule has 0 aromatic heterocycles. The van der Waals surface area contributed by atoms with E-state index >= 15 is 0 Å². The first kappa shape index (κ1) is 17.4. The van der Waals surface area contributed by atoms with E-state index in [1.54, 1.807) is 4.90 Å². The van der Waals surface area contributed by atoms with Gasteiger partial charge in [0.05, 0.1) is 31.1 Å². The number of rotatable bonds is 4. The number of quaternary nitrogens is 1. The number of nitrogens with one attached hydrogen (secondary N) is 1. The number of nitro benzene ring substituents is 1. The first-order valence-electron chi connectivity index (χ1n) is 8.15. The molecule has 25 heavy (non-hydrogen) atoms. The number of hydrogen-bond acceptors (Lipinski definition) is 3. The van der Waals surface area contributed by atoms with Gasteiger partial charge in [0.25, 0.3) is 11.6 Å². The predicted molar refractivity (Wildman–Crippen MR) is 94.9 cm³/mol. The summed E-state index contributed by atoms with van der Waals surface area (Å²) in [6.45, 7) is 3.69. The van der Waals surface area contributed by atoms with E-state index in [9.17, 15) is 14.9 Å². The van der Waals surface area contributed by atoms with Crippen LogP contribution in [-0.4, -0.2) is 41.9 Å². The monoisotopic (exact) mass is 360 g/mol. The van der Waals surface area contributed by atoms with E-state index in [0.29, 0.717) is 18.1 Å². The standard InChI is InChI=1S/C18H18ClN3O3/c19-15-6-7-17(22(24)25)16(12-15)18(23)21-10-8-20(9-11-21)13-14-4-2-1-3-5-14/h1-7,12H,8-11,13H2/p+1. The van der Waals surface area contributed by atoms with Gasteiger partial charge in [-0.3, -0.25) is 14.9 Å². The zero-order valence-electron chi connectivity index (χ0n) is 13.7. The fourth-order valence-corrected chi connectivity index (χ4v) is 3.27. The third-order valence-corrected chi connectivity index (χ3v) is 4.68. The molecule has 130 valence electrons. The highest BCUT2D eigenvalue weighted by molar-refractivity contribution is 6.31. The predicted octanol–water partition coefficient (Wildman–Crippen LogP) is 1.79. The molecule has 2 aromatic rings. The Morgan fingerprint density at radius 1 is 1.16 bits per heavy atom. The Hall–Kier alpha value is -2.44. The summed E-state index contributed by atoms with van der Waals surface area (Å²) in [5.74, 6) is -0.326. The Kier molecular flexibility index (Phi) is 5.31. The second-order valence-corrected chi connectivity index (χ2v) is 6.56. The van der Waals surface area contributed by atoms with Crippen molar-refractivity contribution in [1.29, 1.82) is 0 Å². The summed E-state index contributed by atoms with van der Waals surface area (Å²) in [6, 6.07) is 14.3. The fourth-order valence-electron chi connectivity index (χ4n) is 3.10. The largest absolute Gasteiger partial charge is 0.328 e. The maximum atomic E-state index is 12.7. The number of nitro groups is 1. The molecule has 0 unspecified atom stereocenters. The van der Waals surface area contributed by atoms with Gasteiger partial charge < -0.3 is 9.80 Å². The van der Waals surface area contributed by atoms with E-state index in [-0.39, 0.29) is 17.2 Å². The molecule has 0 bridgehead atoms. The molecule has 0 spiro atoms. The van der Waals surface area contributed by atoms with Gasteiger partial charge in [-0.1, -0.05) is 41.9 Å². The molecule has 1 saturated heterocycles. The van der Waals surface area contributed by atoms with Crippen LogP contribution in [0.3, 0.4) is 0 Å². The summed E-state index contributed by atoms with van der Waals surface area (Å²) < 4.78 is 0. The lowest BCUT2D eigenvalue weighted by atomic mass is 10.1. The van der Waals surface area contributed by atoms with Crippen LogP contribution in [0.5, 0.6) is 0 Å². The van der Waals surface area contributed by atoms with Crippen LogP contribution in [0, 0.1) is 10.1 Å². The molecule has 2 aromatic carbocycles. The van der Waals surface area contributed by atoms with E-state index in [1.165, 1.54) is 28.7 Å². The van der Waals surface area contributed by atoms with Crippen LogP contribution < -0.4 is 4.90 Å². The number of amides is 1. The normalized spacial score (nSPS) is 15.2. The molecule has 0 radical (unpaired) electrons. The molecule has 0 aliphatic carbocycles. The van der Waals surface area contributed by atoms with Crippen molar-refractivity contribution in [3.8, 4) is 0 Å². The first-order valence-corrected chi connectivity index (χ1v) is 8.53. The van der Waals surface area contributed by atoms with E-state index < -0.39 is 4.92 Å². The van der Waals surface area contributed by atoms with Crippen LogP contribution in [0.25, 0.3) is 0 Å². The van der Waals surface area contributed by atoms with Crippen LogP contribution >= 0.6 is 11.6 Å². The molecule has 6 nitrogen and oxygen atoms in total. The minimum absolute atomic E-state index is 0.0593. The Bertz CT molecular complexity index is 774.